The molecule has 0 saturated carbocycles. The SMILES string of the molecule is Cc1ccnc(C(C)CCC(CCC(C)c2cccc(C(F)(F)F)n2)c2ccc(Cl)cn2)c1. The van der Waals surface area contributed by atoms with E-state index in [0.29, 0.717) is 23.1 Å². The van der Waals surface area contributed by atoms with Crippen LogP contribution < -0.4 is 0 Å². The molecule has 3 aromatic heterocycles. The van der Waals surface area contributed by atoms with Crippen molar-refractivity contribution in [1.82, 2.24) is 15.0 Å². The summed E-state index contributed by atoms with van der Waals surface area (Å²) in [4.78, 5) is 12.9. The van der Waals surface area contributed by atoms with Gasteiger partial charge in [-0.05, 0) is 86.4 Å². The molecular weight excluding hydrogens is 447 g/mol. The molecule has 0 aliphatic rings. The highest BCUT2D eigenvalue weighted by atomic mass is 35.5. The first-order chi connectivity index (χ1) is 15.6. The normalized spacial score (nSPS) is 14.6. The Labute approximate surface area is 198 Å². The molecule has 0 aliphatic carbocycles. The van der Waals surface area contributed by atoms with Crippen molar-refractivity contribution < 1.29 is 13.2 Å². The summed E-state index contributed by atoms with van der Waals surface area (Å²) in [5, 5.41) is 0.580. The Morgan fingerprint density at radius 2 is 1.55 bits per heavy atom. The number of pyridine rings is 3. The number of aromatic nitrogens is 3. The monoisotopic (exact) mass is 475 g/mol. The average Bonchev–Trinajstić information content (AvgIpc) is 2.79. The fraction of sp³-hybridized carbons (Fsp3) is 0.423. The van der Waals surface area contributed by atoms with E-state index in [9.17, 15) is 13.2 Å². The van der Waals surface area contributed by atoms with Crippen molar-refractivity contribution in [3.8, 4) is 0 Å². The van der Waals surface area contributed by atoms with Gasteiger partial charge in [-0.2, -0.15) is 13.2 Å². The van der Waals surface area contributed by atoms with Crippen molar-refractivity contribution in [2.75, 3.05) is 0 Å². The lowest BCUT2D eigenvalue weighted by atomic mass is 9.86. The lowest BCUT2D eigenvalue weighted by Gasteiger charge is -2.21. The van der Waals surface area contributed by atoms with Gasteiger partial charge in [0, 0.05) is 35.4 Å². The van der Waals surface area contributed by atoms with Crippen molar-refractivity contribution in [1.29, 1.82) is 0 Å². The van der Waals surface area contributed by atoms with Crippen LogP contribution in [0.15, 0.2) is 54.9 Å². The Kier molecular flexibility index (Phi) is 8.46. The number of alkyl halides is 3. The standard InChI is InChI=1S/C26H29ClF3N3/c1-17-13-14-31-24(15-17)19(3)8-10-20(23-12-11-21(27)16-32-23)9-7-18(2)22-5-4-6-25(33-22)26(28,29)30/h4-6,11-16,18-20H,7-10H2,1-3H3. The molecule has 3 rings (SSSR count). The first-order valence-corrected chi connectivity index (χ1v) is 11.6. The minimum Gasteiger partial charge on any atom is -0.261 e. The smallest absolute Gasteiger partial charge is 0.261 e. The predicted molar refractivity (Wildman–Crippen MR) is 125 cm³/mol. The van der Waals surface area contributed by atoms with E-state index < -0.39 is 11.9 Å². The van der Waals surface area contributed by atoms with E-state index in [1.165, 1.54) is 11.6 Å². The minimum absolute atomic E-state index is 0.0991. The Bertz CT molecular complexity index is 1040. The molecule has 3 unspecified atom stereocenters. The molecule has 3 nitrogen and oxygen atoms in total. The fourth-order valence-corrected chi connectivity index (χ4v) is 4.09. The zero-order valence-electron chi connectivity index (χ0n) is 19.1. The van der Waals surface area contributed by atoms with E-state index in [1.54, 1.807) is 12.3 Å². The second-order valence-electron chi connectivity index (χ2n) is 8.76. The molecule has 0 N–H and O–H groups in total. The van der Waals surface area contributed by atoms with Crippen LogP contribution in [0.1, 0.15) is 85.6 Å². The van der Waals surface area contributed by atoms with Gasteiger partial charge in [0.1, 0.15) is 5.69 Å². The summed E-state index contributed by atoms with van der Waals surface area (Å²) >= 11 is 6.03. The summed E-state index contributed by atoms with van der Waals surface area (Å²) in [6.45, 7) is 6.15. The number of hydrogen-bond donors (Lipinski definition) is 0. The number of nitrogens with zero attached hydrogens (tertiary/aromatic N) is 3. The summed E-state index contributed by atoms with van der Waals surface area (Å²) in [5.41, 5.74) is 2.82. The summed E-state index contributed by atoms with van der Waals surface area (Å²) in [5.74, 6) is 0.364. The molecule has 0 bridgehead atoms. The van der Waals surface area contributed by atoms with E-state index in [-0.39, 0.29) is 11.8 Å². The van der Waals surface area contributed by atoms with Gasteiger partial charge in [-0.15, -0.1) is 0 Å². The van der Waals surface area contributed by atoms with Crippen LogP contribution in [0.3, 0.4) is 0 Å². The number of aryl methyl sites for hydroxylation is 1. The zero-order chi connectivity index (χ0) is 24.0. The number of hydrogen-bond acceptors (Lipinski definition) is 3. The van der Waals surface area contributed by atoms with Crippen LogP contribution in [0.4, 0.5) is 13.2 Å². The minimum atomic E-state index is -4.44. The molecule has 3 heterocycles. The highest BCUT2D eigenvalue weighted by molar-refractivity contribution is 6.30. The van der Waals surface area contributed by atoms with Gasteiger partial charge >= 0.3 is 6.18 Å². The molecular formula is C26H29ClF3N3. The molecule has 176 valence electrons. The molecule has 3 aromatic rings. The Morgan fingerprint density at radius 1 is 0.848 bits per heavy atom. The van der Waals surface area contributed by atoms with Crippen molar-refractivity contribution in [2.45, 2.75) is 70.4 Å². The van der Waals surface area contributed by atoms with Crippen molar-refractivity contribution in [3.05, 3.63) is 88.2 Å². The highest BCUT2D eigenvalue weighted by Gasteiger charge is 2.32. The van der Waals surface area contributed by atoms with E-state index in [2.05, 4.69) is 34.9 Å². The van der Waals surface area contributed by atoms with Crippen molar-refractivity contribution in [3.63, 3.8) is 0 Å². The Balaban J connectivity index is 1.70. The molecule has 0 aliphatic heterocycles. The van der Waals surface area contributed by atoms with Crippen molar-refractivity contribution >= 4 is 11.6 Å². The maximum Gasteiger partial charge on any atom is 0.433 e. The fourth-order valence-electron chi connectivity index (χ4n) is 3.98. The lowest BCUT2D eigenvalue weighted by molar-refractivity contribution is -0.141. The van der Waals surface area contributed by atoms with Crippen LogP contribution in [-0.4, -0.2) is 15.0 Å². The number of halogens is 4. The van der Waals surface area contributed by atoms with Gasteiger partial charge in [0.25, 0.3) is 0 Å². The van der Waals surface area contributed by atoms with Crippen LogP contribution in [0.5, 0.6) is 0 Å². The maximum absolute atomic E-state index is 13.1. The largest absolute Gasteiger partial charge is 0.433 e. The summed E-state index contributed by atoms with van der Waals surface area (Å²) < 4.78 is 39.2. The summed E-state index contributed by atoms with van der Waals surface area (Å²) in [6, 6.07) is 12.0. The molecule has 0 fully saturated rings. The van der Waals surface area contributed by atoms with Gasteiger partial charge < -0.3 is 0 Å². The molecule has 0 radical (unpaired) electrons. The topological polar surface area (TPSA) is 38.7 Å². The Hall–Kier alpha value is -2.47. The van der Waals surface area contributed by atoms with Gasteiger partial charge in [-0.3, -0.25) is 9.97 Å². The lowest BCUT2D eigenvalue weighted by Crippen LogP contribution is -2.11. The number of rotatable bonds is 9. The van der Waals surface area contributed by atoms with Gasteiger partial charge in [0.2, 0.25) is 0 Å². The van der Waals surface area contributed by atoms with Crippen LogP contribution in [0, 0.1) is 6.92 Å². The first kappa shape index (κ1) is 25.2. The van der Waals surface area contributed by atoms with Crippen LogP contribution in [0.2, 0.25) is 5.02 Å². The molecule has 33 heavy (non-hydrogen) atoms. The van der Waals surface area contributed by atoms with Gasteiger partial charge in [0.15, 0.2) is 0 Å². The Morgan fingerprint density at radius 3 is 2.15 bits per heavy atom. The second kappa shape index (κ2) is 11.1. The maximum atomic E-state index is 13.1. The quantitative estimate of drug-likeness (QED) is 0.313. The summed E-state index contributed by atoms with van der Waals surface area (Å²) in [7, 11) is 0. The second-order valence-corrected chi connectivity index (χ2v) is 9.19. The van der Waals surface area contributed by atoms with E-state index in [0.717, 1.165) is 36.7 Å². The summed E-state index contributed by atoms with van der Waals surface area (Å²) in [6.07, 6.45) is 2.37. The van der Waals surface area contributed by atoms with Gasteiger partial charge in [-0.1, -0.05) is 31.5 Å². The average molecular weight is 476 g/mol. The molecule has 3 atom stereocenters. The van der Waals surface area contributed by atoms with Crippen LogP contribution >= 0.6 is 11.6 Å². The van der Waals surface area contributed by atoms with Gasteiger partial charge in [-0.25, -0.2) is 4.98 Å². The molecule has 0 saturated heterocycles. The third kappa shape index (κ3) is 7.26. The van der Waals surface area contributed by atoms with Crippen LogP contribution in [-0.2, 0) is 6.18 Å². The highest BCUT2D eigenvalue weighted by Crippen LogP contribution is 2.34. The predicted octanol–water partition coefficient (Wildman–Crippen LogP) is 8.10. The molecule has 0 amide bonds. The van der Waals surface area contributed by atoms with E-state index >= 15 is 0 Å². The van der Waals surface area contributed by atoms with Crippen molar-refractivity contribution in [2.24, 2.45) is 0 Å². The van der Waals surface area contributed by atoms with Gasteiger partial charge in [0.05, 0.1) is 5.02 Å². The first-order valence-electron chi connectivity index (χ1n) is 11.2. The molecule has 7 heteroatoms. The third-order valence-corrected chi connectivity index (χ3v) is 6.30. The third-order valence-electron chi connectivity index (χ3n) is 6.07. The van der Waals surface area contributed by atoms with Crippen LogP contribution in [0.25, 0.3) is 0 Å². The zero-order valence-corrected chi connectivity index (χ0v) is 19.9. The molecule has 0 spiro atoms. The van der Waals surface area contributed by atoms with E-state index in [4.69, 9.17) is 11.6 Å². The van der Waals surface area contributed by atoms with E-state index in [1.807, 2.05) is 31.3 Å². The molecule has 0 aromatic carbocycles.